The second-order valence-electron chi connectivity index (χ2n) is 8.46. The van der Waals surface area contributed by atoms with Gasteiger partial charge in [0.25, 0.3) is 5.91 Å². The van der Waals surface area contributed by atoms with E-state index in [0.717, 1.165) is 4.90 Å². The molecule has 3 rings (SSSR count). The number of alkyl halides is 2. The number of hydrogen-bond donors (Lipinski definition) is 1. The Morgan fingerprint density at radius 1 is 1.30 bits per heavy atom. The lowest BCUT2D eigenvalue weighted by Crippen LogP contribution is -2.51. The van der Waals surface area contributed by atoms with Crippen molar-refractivity contribution in [2.75, 3.05) is 18.1 Å². The Morgan fingerprint density at radius 2 is 1.94 bits per heavy atom. The predicted molar refractivity (Wildman–Crippen MR) is 114 cm³/mol. The van der Waals surface area contributed by atoms with Gasteiger partial charge >= 0.3 is 12.6 Å². The lowest BCUT2D eigenvalue weighted by atomic mass is 9.92. The highest BCUT2D eigenvalue weighted by atomic mass is 32.2. The summed E-state index contributed by atoms with van der Waals surface area (Å²) >= 11 is 0. The van der Waals surface area contributed by atoms with Crippen LogP contribution in [-0.2, 0) is 25.0 Å². The zero-order valence-electron chi connectivity index (χ0n) is 18.6. The fourth-order valence-electron chi connectivity index (χ4n) is 4.22. The summed E-state index contributed by atoms with van der Waals surface area (Å²) in [7, 11) is -3.24. The van der Waals surface area contributed by atoms with E-state index in [0.29, 0.717) is 18.4 Å². The van der Waals surface area contributed by atoms with Crippen LogP contribution in [0.5, 0.6) is 5.75 Å². The van der Waals surface area contributed by atoms with Crippen LogP contribution in [0.4, 0.5) is 13.6 Å². The minimum absolute atomic E-state index is 0.00957. The van der Waals surface area contributed by atoms with Gasteiger partial charge in [0.2, 0.25) is 5.91 Å². The summed E-state index contributed by atoms with van der Waals surface area (Å²) in [6.07, 6.45) is 0.885. The highest BCUT2D eigenvalue weighted by Gasteiger charge is 2.50. The van der Waals surface area contributed by atoms with Crippen LogP contribution in [0.3, 0.4) is 0 Å². The van der Waals surface area contributed by atoms with Crippen LogP contribution in [-0.4, -0.2) is 72.8 Å². The fourth-order valence-corrected chi connectivity index (χ4v) is 5.93. The summed E-state index contributed by atoms with van der Waals surface area (Å²) in [6.45, 7) is 1.58. The van der Waals surface area contributed by atoms with Gasteiger partial charge in [0.15, 0.2) is 9.84 Å². The third kappa shape index (κ3) is 5.10. The zero-order chi connectivity index (χ0) is 24.6. The Kier molecular flexibility index (Phi) is 6.96. The number of sulfone groups is 1. The molecule has 0 aliphatic carbocycles. The van der Waals surface area contributed by atoms with Gasteiger partial charge in [-0.05, 0) is 44.4 Å². The number of carbonyl (C=O) groups excluding carboxylic acids is 3. The Hall–Kier alpha value is -2.76. The minimum atomic E-state index is -3.24. The molecular weight excluding hydrogens is 460 g/mol. The van der Waals surface area contributed by atoms with E-state index in [-0.39, 0.29) is 23.3 Å². The highest BCUT2D eigenvalue weighted by Crippen LogP contribution is 2.31. The van der Waals surface area contributed by atoms with Gasteiger partial charge in [0.1, 0.15) is 17.8 Å². The summed E-state index contributed by atoms with van der Waals surface area (Å²) in [5.74, 6) is -1.44. The topological polar surface area (TPSA) is 113 Å². The average molecular weight is 488 g/mol. The van der Waals surface area contributed by atoms with Crippen LogP contribution in [0.2, 0.25) is 0 Å². The van der Waals surface area contributed by atoms with Crippen molar-refractivity contribution in [2.45, 2.75) is 57.8 Å². The van der Waals surface area contributed by atoms with Gasteiger partial charge in [-0.3, -0.25) is 14.5 Å². The highest BCUT2D eigenvalue weighted by molar-refractivity contribution is 7.91. The summed E-state index contributed by atoms with van der Waals surface area (Å²) in [4.78, 5) is 41.2. The van der Waals surface area contributed by atoms with Crippen LogP contribution in [0.15, 0.2) is 24.3 Å². The standard InChI is InChI=1S/C21H27F2N3O6S/c1-4-13(2)26(15-9-10-33(30,31)12-15)17(27)11-25-18(28)21(3,24-20(25)29)14-5-7-16(8-6-14)32-19(22)23/h5-8,13,15,19H,4,9-12H2,1-3H3,(H,24,29)/t13-,15+,21+/m0/s1. The normalized spacial score (nSPS) is 25.3. The second-order valence-corrected chi connectivity index (χ2v) is 10.7. The second kappa shape index (κ2) is 9.24. The van der Waals surface area contributed by atoms with Gasteiger partial charge in [-0.25, -0.2) is 13.2 Å². The van der Waals surface area contributed by atoms with E-state index in [1.165, 1.54) is 36.1 Å². The molecule has 9 nitrogen and oxygen atoms in total. The molecule has 0 aromatic heterocycles. The summed E-state index contributed by atoms with van der Waals surface area (Å²) in [5.41, 5.74) is -1.17. The number of ether oxygens (including phenoxy) is 1. The maximum atomic E-state index is 13.2. The van der Waals surface area contributed by atoms with E-state index in [1.54, 1.807) is 6.92 Å². The summed E-state index contributed by atoms with van der Waals surface area (Å²) in [6, 6.07) is 3.73. The number of rotatable bonds is 8. The van der Waals surface area contributed by atoms with Crippen LogP contribution < -0.4 is 10.1 Å². The lowest BCUT2D eigenvalue weighted by Gasteiger charge is -2.34. The van der Waals surface area contributed by atoms with Crippen LogP contribution in [0.1, 0.15) is 39.2 Å². The van der Waals surface area contributed by atoms with Crippen molar-refractivity contribution < 1.29 is 36.3 Å². The number of amides is 4. The predicted octanol–water partition coefficient (Wildman–Crippen LogP) is 1.87. The Morgan fingerprint density at radius 3 is 2.45 bits per heavy atom. The maximum absolute atomic E-state index is 13.2. The molecule has 0 spiro atoms. The first kappa shape index (κ1) is 24.9. The molecule has 0 unspecified atom stereocenters. The first-order valence-electron chi connectivity index (χ1n) is 10.6. The molecule has 12 heteroatoms. The number of benzene rings is 1. The van der Waals surface area contributed by atoms with Crippen LogP contribution in [0, 0.1) is 0 Å². The molecule has 1 aromatic rings. The van der Waals surface area contributed by atoms with Crippen molar-refractivity contribution >= 4 is 27.7 Å². The molecule has 1 aromatic carbocycles. The van der Waals surface area contributed by atoms with E-state index in [9.17, 15) is 31.6 Å². The number of nitrogens with one attached hydrogen (secondary N) is 1. The molecule has 2 aliphatic heterocycles. The van der Waals surface area contributed by atoms with Crippen LogP contribution >= 0.6 is 0 Å². The van der Waals surface area contributed by atoms with Gasteiger partial charge in [-0.1, -0.05) is 19.1 Å². The quantitative estimate of drug-likeness (QED) is 0.560. The molecule has 0 radical (unpaired) electrons. The number of halogens is 2. The van der Waals surface area contributed by atoms with E-state index in [1.807, 2.05) is 6.92 Å². The Balaban J connectivity index is 1.78. The van der Waals surface area contributed by atoms with Gasteiger partial charge in [0.05, 0.1) is 11.5 Å². The zero-order valence-corrected chi connectivity index (χ0v) is 19.4. The molecule has 3 atom stereocenters. The van der Waals surface area contributed by atoms with Gasteiger partial charge in [-0.15, -0.1) is 0 Å². The lowest BCUT2D eigenvalue weighted by molar-refractivity contribution is -0.141. The number of hydrogen-bond acceptors (Lipinski definition) is 6. The van der Waals surface area contributed by atoms with Crippen molar-refractivity contribution in [3.05, 3.63) is 29.8 Å². The third-order valence-corrected chi connectivity index (χ3v) is 7.93. The van der Waals surface area contributed by atoms with E-state index < -0.39 is 52.4 Å². The van der Waals surface area contributed by atoms with Gasteiger partial charge in [-0.2, -0.15) is 8.78 Å². The molecule has 1 N–H and O–H groups in total. The molecule has 2 fully saturated rings. The van der Waals surface area contributed by atoms with E-state index in [2.05, 4.69) is 10.1 Å². The third-order valence-electron chi connectivity index (χ3n) is 6.18. The number of imide groups is 1. The Bertz CT molecular complexity index is 1030. The van der Waals surface area contributed by atoms with Gasteiger partial charge < -0.3 is 15.0 Å². The summed E-state index contributed by atoms with van der Waals surface area (Å²) < 4.78 is 52.9. The first-order valence-corrected chi connectivity index (χ1v) is 12.4. The first-order chi connectivity index (χ1) is 15.4. The van der Waals surface area contributed by atoms with Crippen molar-refractivity contribution in [3.63, 3.8) is 0 Å². The molecule has 182 valence electrons. The number of urea groups is 1. The van der Waals surface area contributed by atoms with Crippen molar-refractivity contribution in [1.82, 2.24) is 15.1 Å². The molecule has 0 bridgehead atoms. The molecule has 0 saturated carbocycles. The largest absolute Gasteiger partial charge is 0.435 e. The molecule has 2 aliphatic rings. The van der Waals surface area contributed by atoms with Crippen molar-refractivity contribution in [1.29, 1.82) is 0 Å². The summed E-state index contributed by atoms with van der Waals surface area (Å²) in [5, 5.41) is 2.56. The minimum Gasteiger partial charge on any atom is -0.435 e. The SMILES string of the molecule is CC[C@H](C)N(C(=O)CN1C(=O)N[C@](C)(c2ccc(OC(F)F)cc2)C1=O)[C@@H]1CCS(=O)(=O)C1. The van der Waals surface area contributed by atoms with E-state index >= 15 is 0 Å². The fraction of sp³-hybridized carbons (Fsp3) is 0.571. The van der Waals surface area contributed by atoms with Crippen molar-refractivity contribution in [2.24, 2.45) is 0 Å². The van der Waals surface area contributed by atoms with Gasteiger partial charge in [0, 0.05) is 12.1 Å². The smallest absolute Gasteiger partial charge is 0.387 e. The molecule has 2 heterocycles. The average Bonchev–Trinajstić information content (AvgIpc) is 3.19. The Labute approximate surface area is 191 Å². The molecular formula is C21H27F2N3O6S. The number of nitrogens with zero attached hydrogens (tertiary/aromatic N) is 2. The maximum Gasteiger partial charge on any atom is 0.387 e. The molecule has 33 heavy (non-hydrogen) atoms. The van der Waals surface area contributed by atoms with E-state index in [4.69, 9.17) is 0 Å². The number of carbonyl (C=O) groups is 3. The van der Waals surface area contributed by atoms with Crippen molar-refractivity contribution in [3.8, 4) is 5.75 Å². The molecule has 2 saturated heterocycles. The monoisotopic (exact) mass is 487 g/mol. The van der Waals surface area contributed by atoms with Crippen LogP contribution in [0.25, 0.3) is 0 Å². The molecule has 4 amide bonds.